The van der Waals surface area contributed by atoms with Crippen molar-refractivity contribution in [3.05, 3.63) is 100 Å². The number of benzene rings is 3. The second-order valence-corrected chi connectivity index (χ2v) is 9.06. The van der Waals surface area contributed by atoms with E-state index in [4.69, 9.17) is 0 Å². The molecular formula is C24H23NO2S. The summed E-state index contributed by atoms with van der Waals surface area (Å²) in [5.41, 5.74) is 9.26. The average molecular weight is 390 g/mol. The van der Waals surface area contributed by atoms with E-state index < -0.39 is 10.0 Å². The van der Waals surface area contributed by atoms with Crippen LogP contribution in [0, 0.1) is 6.92 Å². The molecule has 0 fully saturated rings. The number of rotatable bonds is 3. The fourth-order valence-electron chi connectivity index (χ4n) is 3.92. The molecule has 3 aromatic rings. The molecule has 3 nitrogen and oxygen atoms in total. The Labute approximate surface area is 166 Å². The van der Waals surface area contributed by atoms with Crippen molar-refractivity contribution >= 4 is 27.4 Å². The van der Waals surface area contributed by atoms with Crippen LogP contribution in [0.2, 0.25) is 0 Å². The molecule has 0 atom stereocenters. The molecule has 1 aliphatic carbocycles. The molecule has 0 aromatic heterocycles. The van der Waals surface area contributed by atoms with Crippen molar-refractivity contribution in [1.29, 1.82) is 0 Å². The lowest BCUT2D eigenvalue weighted by atomic mass is 9.91. The van der Waals surface area contributed by atoms with Gasteiger partial charge < -0.3 is 0 Å². The molecule has 0 saturated heterocycles. The van der Waals surface area contributed by atoms with Crippen LogP contribution in [0.4, 0.5) is 5.69 Å². The zero-order chi connectivity index (χ0) is 19.7. The summed E-state index contributed by atoms with van der Waals surface area (Å²) in [6.45, 7) is 2.17. The summed E-state index contributed by atoms with van der Waals surface area (Å²) in [6, 6.07) is 22.5. The molecule has 0 radical (unpaired) electrons. The molecule has 28 heavy (non-hydrogen) atoms. The van der Waals surface area contributed by atoms with E-state index in [1.165, 1.54) is 39.6 Å². The van der Waals surface area contributed by atoms with Gasteiger partial charge in [0.25, 0.3) is 0 Å². The summed E-state index contributed by atoms with van der Waals surface area (Å²) in [6.07, 6.45) is 5.36. The Morgan fingerprint density at radius 3 is 2.46 bits per heavy atom. The van der Waals surface area contributed by atoms with E-state index in [-0.39, 0.29) is 0 Å². The Balaban J connectivity index is 1.89. The molecule has 0 aliphatic heterocycles. The Bertz CT molecular complexity index is 1180. The summed E-state index contributed by atoms with van der Waals surface area (Å²) in [5, 5.41) is 0. The van der Waals surface area contributed by atoms with E-state index in [0.717, 1.165) is 18.4 Å². The number of hydrogen-bond acceptors (Lipinski definition) is 2. The zero-order valence-corrected chi connectivity index (χ0v) is 16.9. The van der Waals surface area contributed by atoms with E-state index in [9.17, 15) is 8.42 Å². The minimum atomic E-state index is -3.31. The fourth-order valence-corrected chi connectivity index (χ4v) is 4.48. The predicted molar refractivity (Wildman–Crippen MR) is 117 cm³/mol. The summed E-state index contributed by atoms with van der Waals surface area (Å²) >= 11 is 0. The molecule has 1 aliphatic rings. The average Bonchev–Trinajstić information content (AvgIpc) is 2.79. The van der Waals surface area contributed by atoms with Crippen molar-refractivity contribution in [2.24, 2.45) is 0 Å². The fraction of sp³-hybridized carbons (Fsp3) is 0.167. The highest BCUT2D eigenvalue weighted by Gasteiger charge is 2.19. The van der Waals surface area contributed by atoms with Crippen molar-refractivity contribution < 1.29 is 8.42 Å². The van der Waals surface area contributed by atoms with E-state index in [0.29, 0.717) is 5.69 Å². The monoisotopic (exact) mass is 389 g/mol. The zero-order valence-electron chi connectivity index (χ0n) is 16.1. The maximum absolute atomic E-state index is 11.6. The van der Waals surface area contributed by atoms with Crippen molar-refractivity contribution in [3.63, 3.8) is 0 Å². The van der Waals surface area contributed by atoms with Crippen LogP contribution in [-0.4, -0.2) is 14.7 Å². The molecule has 0 bridgehead atoms. The number of nitrogens with one attached hydrogen (secondary N) is 1. The molecular weight excluding hydrogens is 366 g/mol. The Morgan fingerprint density at radius 2 is 1.64 bits per heavy atom. The van der Waals surface area contributed by atoms with Gasteiger partial charge in [-0.05, 0) is 76.9 Å². The normalized spacial score (nSPS) is 14.9. The highest BCUT2D eigenvalue weighted by Crippen LogP contribution is 2.36. The van der Waals surface area contributed by atoms with E-state index in [1.807, 2.05) is 18.2 Å². The van der Waals surface area contributed by atoms with Crippen LogP contribution in [-0.2, 0) is 22.9 Å². The van der Waals surface area contributed by atoms with Gasteiger partial charge in [0, 0.05) is 5.69 Å². The van der Waals surface area contributed by atoms with Crippen LogP contribution in [0.1, 0.15) is 33.4 Å². The SMILES string of the molecule is Cc1cccc2c1CCc1ccccc1/C2=C/c1cccc(NS(C)(=O)=O)c1. The summed E-state index contributed by atoms with van der Waals surface area (Å²) in [7, 11) is -3.31. The van der Waals surface area contributed by atoms with Crippen molar-refractivity contribution in [2.75, 3.05) is 11.0 Å². The van der Waals surface area contributed by atoms with Crippen LogP contribution < -0.4 is 4.72 Å². The molecule has 0 unspecified atom stereocenters. The molecule has 142 valence electrons. The van der Waals surface area contributed by atoms with Gasteiger partial charge >= 0.3 is 0 Å². The van der Waals surface area contributed by atoms with Crippen molar-refractivity contribution in [3.8, 4) is 0 Å². The first kappa shape index (κ1) is 18.5. The van der Waals surface area contributed by atoms with Crippen molar-refractivity contribution in [2.45, 2.75) is 19.8 Å². The topological polar surface area (TPSA) is 46.2 Å². The van der Waals surface area contributed by atoms with E-state index in [2.05, 4.69) is 60.2 Å². The molecule has 1 N–H and O–H groups in total. The first-order valence-corrected chi connectivity index (χ1v) is 11.3. The second-order valence-electron chi connectivity index (χ2n) is 7.32. The molecule has 0 saturated carbocycles. The first-order chi connectivity index (χ1) is 13.4. The van der Waals surface area contributed by atoms with E-state index >= 15 is 0 Å². The molecule has 3 aromatic carbocycles. The van der Waals surface area contributed by atoms with Crippen LogP contribution in [0.5, 0.6) is 0 Å². The Kier molecular flexibility index (Phi) is 4.82. The predicted octanol–water partition coefficient (Wildman–Crippen LogP) is 5.05. The lowest BCUT2D eigenvalue weighted by Gasteiger charge is -2.14. The summed E-state index contributed by atoms with van der Waals surface area (Å²) in [4.78, 5) is 0. The molecule has 4 rings (SSSR count). The standard InChI is InChI=1S/C24H23NO2S/c1-17-7-5-12-23-21(17)14-13-19-9-3-4-11-22(19)24(23)16-18-8-6-10-20(15-18)25-28(2,26)27/h3-12,15-16,25H,13-14H2,1-2H3/b24-16-. The quantitative estimate of drug-likeness (QED) is 0.681. The van der Waals surface area contributed by atoms with Crippen molar-refractivity contribution in [1.82, 2.24) is 0 Å². The highest BCUT2D eigenvalue weighted by molar-refractivity contribution is 7.92. The number of hydrogen-bond donors (Lipinski definition) is 1. The minimum absolute atomic E-state index is 0.572. The summed E-state index contributed by atoms with van der Waals surface area (Å²) < 4.78 is 25.7. The van der Waals surface area contributed by atoms with Gasteiger partial charge in [0.1, 0.15) is 0 Å². The smallest absolute Gasteiger partial charge is 0.229 e. The van der Waals surface area contributed by atoms with Gasteiger partial charge in [-0.2, -0.15) is 0 Å². The summed E-state index contributed by atoms with van der Waals surface area (Å²) in [5.74, 6) is 0. The van der Waals surface area contributed by atoms with Crippen LogP contribution >= 0.6 is 0 Å². The van der Waals surface area contributed by atoms with E-state index in [1.54, 1.807) is 6.07 Å². The van der Waals surface area contributed by atoms with Gasteiger partial charge in [-0.25, -0.2) is 8.42 Å². The van der Waals surface area contributed by atoms with Crippen LogP contribution in [0.25, 0.3) is 11.6 Å². The first-order valence-electron chi connectivity index (χ1n) is 9.37. The van der Waals surface area contributed by atoms with Gasteiger partial charge in [-0.1, -0.05) is 54.6 Å². The Hall–Kier alpha value is -2.85. The number of sulfonamides is 1. The third kappa shape index (κ3) is 3.87. The second kappa shape index (κ2) is 7.28. The van der Waals surface area contributed by atoms with Crippen LogP contribution in [0.15, 0.2) is 66.7 Å². The maximum atomic E-state index is 11.6. The van der Waals surface area contributed by atoms with Gasteiger partial charge in [-0.15, -0.1) is 0 Å². The number of anilines is 1. The third-order valence-electron chi connectivity index (χ3n) is 5.15. The van der Waals surface area contributed by atoms with Gasteiger partial charge in [-0.3, -0.25) is 4.72 Å². The van der Waals surface area contributed by atoms with Gasteiger partial charge in [0.2, 0.25) is 10.0 Å². The van der Waals surface area contributed by atoms with Gasteiger partial charge in [0.05, 0.1) is 6.26 Å². The number of fused-ring (bicyclic) bond motifs is 2. The lowest BCUT2D eigenvalue weighted by molar-refractivity contribution is 0.607. The third-order valence-corrected chi connectivity index (χ3v) is 5.76. The Morgan fingerprint density at radius 1 is 0.893 bits per heavy atom. The number of aryl methyl sites for hydroxylation is 2. The maximum Gasteiger partial charge on any atom is 0.229 e. The lowest BCUT2D eigenvalue weighted by Crippen LogP contribution is -2.09. The molecule has 0 spiro atoms. The minimum Gasteiger partial charge on any atom is -0.284 e. The van der Waals surface area contributed by atoms with Crippen LogP contribution in [0.3, 0.4) is 0 Å². The molecule has 0 heterocycles. The molecule has 4 heteroatoms. The van der Waals surface area contributed by atoms with Gasteiger partial charge in [0.15, 0.2) is 0 Å². The largest absolute Gasteiger partial charge is 0.284 e. The molecule has 0 amide bonds. The highest BCUT2D eigenvalue weighted by atomic mass is 32.2.